The molecule has 28 heavy (non-hydrogen) atoms. The zero-order chi connectivity index (χ0) is 20.1. The Labute approximate surface area is 166 Å². The maximum absolute atomic E-state index is 12.0. The zero-order valence-corrected chi connectivity index (χ0v) is 15.8. The molecule has 146 valence electrons. The quantitative estimate of drug-likeness (QED) is 0.449. The van der Waals surface area contributed by atoms with Gasteiger partial charge in [0.25, 0.3) is 11.6 Å². The van der Waals surface area contributed by atoms with Gasteiger partial charge in [0.1, 0.15) is 5.69 Å². The summed E-state index contributed by atoms with van der Waals surface area (Å²) in [7, 11) is 0. The highest BCUT2D eigenvalue weighted by molar-refractivity contribution is 6.31. The molecule has 3 rings (SSSR count). The first-order chi connectivity index (χ1) is 13.4. The fourth-order valence-electron chi connectivity index (χ4n) is 3.21. The number of esters is 1. The molecule has 2 aromatic carbocycles. The molecule has 0 aromatic heterocycles. The van der Waals surface area contributed by atoms with Gasteiger partial charge in [0.2, 0.25) is 0 Å². The molecular weight excluding hydrogens is 384 g/mol. The zero-order valence-electron chi connectivity index (χ0n) is 15.1. The number of hydrogen-bond acceptors (Lipinski definition) is 5. The number of amides is 1. The number of ether oxygens (including phenoxy) is 1. The van der Waals surface area contributed by atoms with Gasteiger partial charge in [-0.15, -0.1) is 0 Å². The van der Waals surface area contributed by atoms with Gasteiger partial charge in [-0.25, -0.2) is 0 Å². The van der Waals surface area contributed by atoms with Crippen LogP contribution in [0.5, 0.6) is 0 Å². The number of hydrogen-bond donors (Lipinski definition) is 1. The van der Waals surface area contributed by atoms with Crippen LogP contribution in [0.25, 0.3) is 0 Å². The number of anilines is 1. The van der Waals surface area contributed by atoms with Crippen molar-refractivity contribution in [3.05, 3.63) is 68.2 Å². The van der Waals surface area contributed by atoms with Crippen LogP contribution in [0.15, 0.2) is 36.4 Å². The van der Waals surface area contributed by atoms with E-state index >= 15 is 0 Å². The first-order valence-corrected chi connectivity index (χ1v) is 9.30. The van der Waals surface area contributed by atoms with E-state index in [-0.39, 0.29) is 22.8 Å². The number of rotatable bonds is 6. The Kier molecular flexibility index (Phi) is 6.26. The molecule has 0 atom stereocenters. The average molecular weight is 403 g/mol. The number of nitro groups is 1. The number of fused-ring (bicyclic) bond motifs is 1. The summed E-state index contributed by atoms with van der Waals surface area (Å²) in [6.07, 6.45) is 4.48. The van der Waals surface area contributed by atoms with Crippen molar-refractivity contribution in [1.82, 2.24) is 0 Å². The highest BCUT2D eigenvalue weighted by Crippen LogP contribution is 2.27. The van der Waals surface area contributed by atoms with Crippen LogP contribution in [-0.4, -0.2) is 23.4 Å². The smallest absolute Gasteiger partial charge is 0.310 e. The third kappa shape index (κ3) is 5.07. The van der Waals surface area contributed by atoms with Gasteiger partial charge >= 0.3 is 5.97 Å². The fraction of sp³-hybridized carbons (Fsp3) is 0.300. The minimum Gasteiger partial charge on any atom is -0.455 e. The summed E-state index contributed by atoms with van der Waals surface area (Å²) < 4.78 is 5.00. The van der Waals surface area contributed by atoms with Crippen molar-refractivity contribution in [3.8, 4) is 0 Å². The molecule has 0 radical (unpaired) electrons. The summed E-state index contributed by atoms with van der Waals surface area (Å²) >= 11 is 5.81. The second-order valence-electron chi connectivity index (χ2n) is 6.61. The van der Waals surface area contributed by atoms with Crippen LogP contribution < -0.4 is 5.32 Å². The van der Waals surface area contributed by atoms with Crippen LogP contribution in [0.1, 0.15) is 29.5 Å². The Bertz CT molecular complexity index is 929. The van der Waals surface area contributed by atoms with Crippen molar-refractivity contribution < 1.29 is 19.2 Å². The van der Waals surface area contributed by atoms with E-state index in [0.717, 1.165) is 24.8 Å². The molecule has 1 aliphatic carbocycles. The van der Waals surface area contributed by atoms with E-state index < -0.39 is 23.4 Å². The van der Waals surface area contributed by atoms with E-state index in [2.05, 4.69) is 5.32 Å². The first kappa shape index (κ1) is 19.8. The van der Waals surface area contributed by atoms with Crippen molar-refractivity contribution in [2.45, 2.75) is 32.1 Å². The van der Waals surface area contributed by atoms with E-state index in [1.165, 1.54) is 35.7 Å². The van der Waals surface area contributed by atoms with Crippen molar-refractivity contribution >= 4 is 34.9 Å². The number of nitrogens with zero attached hydrogens (tertiary/aromatic N) is 1. The Morgan fingerprint density at radius 1 is 1.11 bits per heavy atom. The molecule has 0 unspecified atom stereocenters. The largest absolute Gasteiger partial charge is 0.455 e. The highest BCUT2D eigenvalue weighted by Gasteiger charge is 2.17. The Morgan fingerprint density at radius 3 is 2.61 bits per heavy atom. The Balaban J connectivity index is 1.54. The maximum atomic E-state index is 12.0. The van der Waals surface area contributed by atoms with Gasteiger partial charge in [0.05, 0.1) is 11.3 Å². The molecule has 1 amide bonds. The molecule has 0 fully saturated rings. The molecule has 0 bridgehead atoms. The van der Waals surface area contributed by atoms with Gasteiger partial charge < -0.3 is 10.1 Å². The summed E-state index contributed by atoms with van der Waals surface area (Å²) in [6.45, 7) is -0.534. The Morgan fingerprint density at radius 2 is 1.86 bits per heavy atom. The molecule has 7 nitrogen and oxygen atoms in total. The molecule has 0 saturated carbocycles. The normalized spacial score (nSPS) is 12.8. The van der Waals surface area contributed by atoms with Crippen LogP contribution in [0.2, 0.25) is 5.02 Å². The van der Waals surface area contributed by atoms with Gasteiger partial charge in [-0.2, -0.15) is 0 Å². The maximum Gasteiger partial charge on any atom is 0.310 e. The number of carbonyl (C=O) groups excluding carboxylic acids is 2. The van der Waals surface area contributed by atoms with E-state index in [9.17, 15) is 19.7 Å². The lowest BCUT2D eigenvalue weighted by atomic mass is 9.90. The molecule has 1 N–H and O–H groups in total. The topological polar surface area (TPSA) is 98.5 Å². The summed E-state index contributed by atoms with van der Waals surface area (Å²) in [5, 5.41) is 13.6. The van der Waals surface area contributed by atoms with E-state index in [4.69, 9.17) is 16.3 Å². The van der Waals surface area contributed by atoms with Gasteiger partial charge in [-0.05, 0) is 54.5 Å². The van der Waals surface area contributed by atoms with Crippen LogP contribution in [-0.2, 0) is 33.6 Å². The van der Waals surface area contributed by atoms with Crippen LogP contribution in [0.4, 0.5) is 11.4 Å². The minimum atomic E-state index is -0.677. The lowest BCUT2D eigenvalue weighted by molar-refractivity contribution is -0.383. The molecule has 0 spiro atoms. The van der Waals surface area contributed by atoms with Crippen molar-refractivity contribution in [3.63, 3.8) is 0 Å². The molecule has 0 heterocycles. The molecule has 0 aliphatic heterocycles. The Hall–Kier alpha value is -2.93. The average Bonchev–Trinajstić information content (AvgIpc) is 2.66. The van der Waals surface area contributed by atoms with Gasteiger partial charge in [0, 0.05) is 11.1 Å². The third-order valence-corrected chi connectivity index (χ3v) is 4.79. The van der Waals surface area contributed by atoms with Gasteiger partial charge in [-0.1, -0.05) is 29.8 Å². The minimum absolute atomic E-state index is 0.0479. The first-order valence-electron chi connectivity index (χ1n) is 8.92. The predicted molar refractivity (Wildman–Crippen MR) is 104 cm³/mol. The van der Waals surface area contributed by atoms with Crippen LogP contribution >= 0.6 is 11.6 Å². The van der Waals surface area contributed by atoms with E-state index in [1.807, 2.05) is 18.2 Å². The summed E-state index contributed by atoms with van der Waals surface area (Å²) in [6, 6.07) is 9.79. The molecule has 8 heteroatoms. The van der Waals surface area contributed by atoms with Gasteiger partial charge in [-0.3, -0.25) is 19.7 Å². The van der Waals surface area contributed by atoms with E-state index in [0.29, 0.717) is 0 Å². The van der Waals surface area contributed by atoms with Crippen molar-refractivity contribution in [1.29, 1.82) is 0 Å². The van der Waals surface area contributed by atoms with Crippen LogP contribution in [0.3, 0.4) is 0 Å². The number of nitro benzene ring substituents is 1. The fourth-order valence-corrected chi connectivity index (χ4v) is 3.39. The summed E-state index contributed by atoms with van der Waals surface area (Å²) in [5.74, 6) is -1.21. The molecule has 0 saturated heterocycles. The monoisotopic (exact) mass is 402 g/mol. The van der Waals surface area contributed by atoms with Crippen molar-refractivity contribution in [2.24, 2.45) is 0 Å². The summed E-state index contributed by atoms with van der Waals surface area (Å²) in [5.41, 5.74) is 3.09. The SMILES string of the molecule is O=C(COC(=O)Cc1ccc2c(c1)CCCC2)Nc1cc(Cl)ccc1[N+](=O)[O-]. The highest BCUT2D eigenvalue weighted by atomic mass is 35.5. The lowest BCUT2D eigenvalue weighted by Gasteiger charge is -2.16. The molecule has 2 aromatic rings. The van der Waals surface area contributed by atoms with Crippen molar-refractivity contribution in [2.75, 3.05) is 11.9 Å². The predicted octanol–water partition coefficient (Wildman–Crippen LogP) is 3.85. The molecular formula is C20H19ClN2O5. The van der Waals surface area contributed by atoms with E-state index in [1.54, 1.807) is 0 Å². The number of halogens is 1. The summed E-state index contributed by atoms with van der Waals surface area (Å²) in [4.78, 5) is 34.4. The number of nitrogens with one attached hydrogen (secondary N) is 1. The number of carbonyl (C=O) groups is 2. The number of benzene rings is 2. The molecule has 1 aliphatic rings. The third-order valence-electron chi connectivity index (χ3n) is 4.56. The lowest BCUT2D eigenvalue weighted by Crippen LogP contribution is -2.22. The standard InChI is InChI=1S/C20H19ClN2O5/c21-16-7-8-18(23(26)27)17(11-16)22-19(24)12-28-20(25)10-13-5-6-14-3-1-2-4-15(14)9-13/h5-9,11H,1-4,10,12H2,(H,22,24). The number of aryl methyl sites for hydroxylation is 2. The second kappa shape index (κ2) is 8.84. The van der Waals surface area contributed by atoms with Gasteiger partial charge in [0.15, 0.2) is 6.61 Å². The van der Waals surface area contributed by atoms with Crippen LogP contribution in [0, 0.1) is 10.1 Å². The second-order valence-corrected chi connectivity index (χ2v) is 7.05.